The van der Waals surface area contributed by atoms with Crippen LogP contribution in [0.1, 0.15) is 24.3 Å². The summed E-state index contributed by atoms with van der Waals surface area (Å²) in [6.45, 7) is 1.68. The molecule has 2 fully saturated rings. The Morgan fingerprint density at radius 2 is 1.79 bits per heavy atom. The molecule has 2 nitrogen and oxygen atoms in total. The van der Waals surface area contributed by atoms with Gasteiger partial charge >= 0.3 is 6.18 Å². The second-order valence-corrected chi connectivity index (χ2v) is 5.49. The standard InChI is InChI=1S/C14H16F3NO/c15-14(16,17)13(5-6-13)9-19-12-3-1-10(2-4-12)11-7-18-8-11/h1-4,11,18H,5-9H2. The van der Waals surface area contributed by atoms with Crippen molar-refractivity contribution in [1.82, 2.24) is 5.32 Å². The highest BCUT2D eigenvalue weighted by Gasteiger charge is 2.63. The van der Waals surface area contributed by atoms with Crippen molar-refractivity contribution < 1.29 is 17.9 Å². The molecule has 1 aliphatic carbocycles. The maximum atomic E-state index is 12.7. The van der Waals surface area contributed by atoms with Crippen molar-refractivity contribution in [2.75, 3.05) is 19.7 Å². The van der Waals surface area contributed by atoms with E-state index < -0.39 is 11.6 Å². The second-order valence-electron chi connectivity index (χ2n) is 5.49. The van der Waals surface area contributed by atoms with Crippen molar-refractivity contribution in [2.24, 2.45) is 5.41 Å². The fourth-order valence-electron chi connectivity index (χ4n) is 2.24. The summed E-state index contributed by atoms with van der Waals surface area (Å²) >= 11 is 0. The van der Waals surface area contributed by atoms with E-state index in [1.54, 1.807) is 12.1 Å². The molecule has 104 valence electrons. The van der Waals surface area contributed by atoms with Crippen LogP contribution in [-0.2, 0) is 0 Å². The summed E-state index contributed by atoms with van der Waals surface area (Å²) < 4.78 is 43.5. The largest absolute Gasteiger partial charge is 0.493 e. The molecule has 5 heteroatoms. The minimum atomic E-state index is -4.15. The highest BCUT2D eigenvalue weighted by molar-refractivity contribution is 5.31. The zero-order valence-corrected chi connectivity index (χ0v) is 10.5. The van der Waals surface area contributed by atoms with Gasteiger partial charge in [-0.05, 0) is 30.5 Å². The average Bonchev–Trinajstić information content (AvgIpc) is 3.06. The Bertz CT molecular complexity index is 447. The van der Waals surface area contributed by atoms with Crippen molar-refractivity contribution in [3.05, 3.63) is 29.8 Å². The second kappa shape index (κ2) is 4.40. The maximum Gasteiger partial charge on any atom is 0.397 e. The SMILES string of the molecule is FC(F)(F)C1(COc2ccc(C3CNC3)cc2)CC1. The minimum absolute atomic E-state index is 0.183. The quantitative estimate of drug-likeness (QED) is 0.908. The number of hydrogen-bond donors (Lipinski definition) is 1. The molecule has 1 aromatic carbocycles. The van der Waals surface area contributed by atoms with E-state index in [0.29, 0.717) is 11.7 Å². The van der Waals surface area contributed by atoms with Gasteiger partial charge in [-0.3, -0.25) is 0 Å². The van der Waals surface area contributed by atoms with Gasteiger partial charge in [-0.2, -0.15) is 13.2 Å². The number of benzene rings is 1. The predicted octanol–water partition coefficient (Wildman–Crippen LogP) is 3.09. The van der Waals surface area contributed by atoms with Crippen molar-refractivity contribution >= 4 is 0 Å². The van der Waals surface area contributed by atoms with Gasteiger partial charge in [0, 0.05) is 19.0 Å². The summed E-state index contributed by atoms with van der Waals surface area (Å²) in [7, 11) is 0. The van der Waals surface area contributed by atoms with E-state index >= 15 is 0 Å². The molecule has 1 aliphatic heterocycles. The molecule has 0 aromatic heterocycles. The third-order valence-electron chi connectivity index (χ3n) is 4.10. The molecule has 0 unspecified atom stereocenters. The smallest absolute Gasteiger partial charge is 0.397 e. The topological polar surface area (TPSA) is 21.3 Å². The van der Waals surface area contributed by atoms with Crippen molar-refractivity contribution in [1.29, 1.82) is 0 Å². The van der Waals surface area contributed by atoms with E-state index in [-0.39, 0.29) is 19.4 Å². The third kappa shape index (κ3) is 2.43. The van der Waals surface area contributed by atoms with Gasteiger partial charge in [0.1, 0.15) is 17.8 Å². The monoisotopic (exact) mass is 271 g/mol. The Morgan fingerprint density at radius 3 is 2.21 bits per heavy atom. The summed E-state index contributed by atoms with van der Waals surface area (Å²) in [5.74, 6) is 1.05. The Kier molecular flexibility index (Phi) is 2.96. The zero-order chi connectivity index (χ0) is 13.5. The van der Waals surface area contributed by atoms with Crippen LogP contribution in [0, 0.1) is 5.41 Å². The zero-order valence-electron chi connectivity index (χ0n) is 10.5. The van der Waals surface area contributed by atoms with Crippen molar-refractivity contribution in [3.8, 4) is 5.75 Å². The van der Waals surface area contributed by atoms with Crippen LogP contribution in [0.3, 0.4) is 0 Å². The van der Waals surface area contributed by atoms with Crippen molar-refractivity contribution in [2.45, 2.75) is 24.9 Å². The summed E-state index contributed by atoms with van der Waals surface area (Å²) in [4.78, 5) is 0. The van der Waals surface area contributed by atoms with Gasteiger partial charge < -0.3 is 10.1 Å². The highest BCUT2D eigenvalue weighted by atomic mass is 19.4. The van der Waals surface area contributed by atoms with Crippen LogP contribution in [0.25, 0.3) is 0 Å². The van der Waals surface area contributed by atoms with Crippen LogP contribution in [0.15, 0.2) is 24.3 Å². The van der Waals surface area contributed by atoms with Crippen LogP contribution in [-0.4, -0.2) is 25.9 Å². The Morgan fingerprint density at radius 1 is 1.16 bits per heavy atom. The van der Waals surface area contributed by atoms with E-state index in [0.717, 1.165) is 13.1 Å². The normalized spacial score (nSPS) is 21.8. The molecule has 0 bridgehead atoms. The molecule has 1 saturated heterocycles. The molecule has 19 heavy (non-hydrogen) atoms. The molecule has 0 amide bonds. The summed E-state index contributed by atoms with van der Waals surface area (Å²) in [6.07, 6.45) is -3.78. The van der Waals surface area contributed by atoms with Crippen LogP contribution >= 0.6 is 0 Å². The number of ether oxygens (including phenoxy) is 1. The number of nitrogens with one attached hydrogen (secondary N) is 1. The van der Waals surface area contributed by atoms with Gasteiger partial charge in [-0.1, -0.05) is 12.1 Å². The lowest BCUT2D eigenvalue weighted by atomic mass is 9.94. The number of alkyl halides is 3. The first-order chi connectivity index (χ1) is 9.00. The fourth-order valence-corrected chi connectivity index (χ4v) is 2.24. The molecule has 0 spiro atoms. The first kappa shape index (κ1) is 12.8. The molecule has 1 saturated carbocycles. The van der Waals surface area contributed by atoms with Gasteiger partial charge in [0.05, 0.1) is 0 Å². The van der Waals surface area contributed by atoms with E-state index in [4.69, 9.17) is 4.74 Å². The Balaban J connectivity index is 1.58. The lowest BCUT2D eigenvalue weighted by Crippen LogP contribution is -2.39. The Hall–Kier alpha value is -1.23. The van der Waals surface area contributed by atoms with Crippen molar-refractivity contribution in [3.63, 3.8) is 0 Å². The lowest BCUT2D eigenvalue weighted by molar-refractivity contribution is -0.194. The molecule has 3 rings (SSSR count). The summed E-state index contributed by atoms with van der Waals surface area (Å²) in [6, 6.07) is 7.40. The van der Waals surface area contributed by atoms with Crippen LogP contribution < -0.4 is 10.1 Å². The number of halogens is 3. The fraction of sp³-hybridized carbons (Fsp3) is 0.571. The summed E-state index contributed by atoms with van der Waals surface area (Å²) in [5, 5.41) is 3.19. The lowest BCUT2D eigenvalue weighted by Gasteiger charge is -2.27. The van der Waals surface area contributed by atoms with Gasteiger partial charge in [0.2, 0.25) is 0 Å². The number of hydrogen-bond acceptors (Lipinski definition) is 2. The van der Waals surface area contributed by atoms with Crippen LogP contribution in [0.5, 0.6) is 5.75 Å². The molecule has 2 aliphatic rings. The number of rotatable bonds is 4. The molecular weight excluding hydrogens is 255 g/mol. The molecule has 1 aromatic rings. The van der Waals surface area contributed by atoms with Gasteiger partial charge in [0.25, 0.3) is 0 Å². The van der Waals surface area contributed by atoms with Gasteiger partial charge in [-0.25, -0.2) is 0 Å². The Labute approximate surface area is 109 Å². The summed E-state index contributed by atoms with van der Waals surface area (Å²) in [5.41, 5.74) is -0.383. The highest BCUT2D eigenvalue weighted by Crippen LogP contribution is 2.57. The molecule has 0 radical (unpaired) electrons. The van der Waals surface area contributed by atoms with E-state index in [2.05, 4.69) is 5.32 Å². The first-order valence-corrected chi connectivity index (χ1v) is 6.50. The van der Waals surface area contributed by atoms with Gasteiger partial charge in [0.15, 0.2) is 0 Å². The van der Waals surface area contributed by atoms with E-state index in [1.165, 1.54) is 5.56 Å². The first-order valence-electron chi connectivity index (χ1n) is 6.50. The molecule has 1 N–H and O–H groups in total. The van der Waals surface area contributed by atoms with E-state index in [1.807, 2.05) is 12.1 Å². The van der Waals surface area contributed by atoms with Crippen LogP contribution in [0.4, 0.5) is 13.2 Å². The average molecular weight is 271 g/mol. The molecule has 0 atom stereocenters. The molecular formula is C14H16F3NO. The minimum Gasteiger partial charge on any atom is -0.493 e. The van der Waals surface area contributed by atoms with E-state index in [9.17, 15) is 13.2 Å². The van der Waals surface area contributed by atoms with Crippen LogP contribution in [0.2, 0.25) is 0 Å². The predicted molar refractivity (Wildman–Crippen MR) is 65.3 cm³/mol. The maximum absolute atomic E-state index is 12.7. The van der Waals surface area contributed by atoms with Gasteiger partial charge in [-0.15, -0.1) is 0 Å². The molecule has 1 heterocycles. The third-order valence-corrected chi connectivity index (χ3v) is 4.10.